The Morgan fingerprint density at radius 1 is 1.50 bits per heavy atom. The van der Waals surface area contributed by atoms with E-state index in [4.69, 9.17) is 12.2 Å². The smallest absolute Gasteiger partial charge is 0.0876 e. The summed E-state index contributed by atoms with van der Waals surface area (Å²) in [6.45, 7) is 7.42. The zero-order valence-corrected chi connectivity index (χ0v) is 7.53. The fourth-order valence-electron chi connectivity index (χ4n) is 0.792. The third kappa shape index (κ3) is 1.37. The Kier molecular flexibility index (Phi) is 1.82. The summed E-state index contributed by atoms with van der Waals surface area (Å²) in [6, 6.07) is 0. The monoisotopic (exact) mass is 155 g/mol. The molecule has 10 heavy (non-hydrogen) atoms. The van der Waals surface area contributed by atoms with E-state index in [2.05, 4.69) is 31.7 Å². The Morgan fingerprint density at radius 3 is 2.10 bits per heavy atom. The van der Waals surface area contributed by atoms with Crippen LogP contribution < -0.4 is 0 Å². The minimum atomic E-state index is 0.139. The highest BCUT2D eigenvalue weighted by molar-refractivity contribution is 7.80. The minimum Gasteiger partial charge on any atom is -0.339 e. The summed E-state index contributed by atoms with van der Waals surface area (Å²) in [4.78, 5) is 3.14. The van der Waals surface area contributed by atoms with Crippen molar-refractivity contribution in [2.45, 2.75) is 20.8 Å². The molecule has 1 aliphatic rings. The second kappa shape index (κ2) is 2.35. The molecule has 0 amide bonds. The van der Waals surface area contributed by atoms with E-state index in [-0.39, 0.29) is 5.41 Å². The van der Waals surface area contributed by atoms with Gasteiger partial charge in [0.15, 0.2) is 0 Å². The van der Waals surface area contributed by atoms with Crippen LogP contribution in [0.5, 0.6) is 0 Å². The highest BCUT2D eigenvalue weighted by atomic mass is 32.1. The van der Waals surface area contributed by atoms with Crippen molar-refractivity contribution < 1.29 is 0 Å². The van der Waals surface area contributed by atoms with Crippen LogP contribution in [0.2, 0.25) is 0 Å². The number of nitrogens with zero attached hydrogens (tertiary/aromatic N) is 1. The van der Waals surface area contributed by atoms with E-state index in [1.54, 1.807) is 0 Å². The van der Waals surface area contributed by atoms with Crippen molar-refractivity contribution in [3.63, 3.8) is 0 Å². The van der Waals surface area contributed by atoms with Gasteiger partial charge in [-0.3, -0.25) is 0 Å². The summed E-state index contributed by atoms with van der Waals surface area (Å²) in [7, 11) is 0. The van der Waals surface area contributed by atoms with Gasteiger partial charge in [-0.05, 0) is 6.08 Å². The predicted octanol–water partition coefficient (Wildman–Crippen LogP) is 2.19. The van der Waals surface area contributed by atoms with Gasteiger partial charge >= 0.3 is 0 Å². The summed E-state index contributed by atoms with van der Waals surface area (Å²) in [6.07, 6.45) is 4.14. The van der Waals surface area contributed by atoms with Gasteiger partial charge < -0.3 is 4.90 Å². The summed E-state index contributed by atoms with van der Waals surface area (Å²) in [5, 5.41) is 0. The standard InChI is InChI=1S/C8H13NS/c1-8(2,3)7(10)9-5-4-6-9/h4-5H,6H2,1-3H3. The van der Waals surface area contributed by atoms with E-state index < -0.39 is 0 Å². The molecule has 1 nitrogen and oxygen atoms in total. The lowest BCUT2D eigenvalue weighted by molar-refractivity contribution is 0.473. The maximum Gasteiger partial charge on any atom is 0.0876 e. The van der Waals surface area contributed by atoms with Crippen molar-refractivity contribution >= 4 is 17.2 Å². The topological polar surface area (TPSA) is 3.24 Å². The van der Waals surface area contributed by atoms with E-state index in [1.165, 1.54) is 0 Å². The number of rotatable bonds is 0. The van der Waals surface area contributed by atoms with Gasteiger partial charge in [-0.15, -0.1) is 0 Å². The van der Waals surface area contributed by atoms with E-state index >= 15 is 0 Å². The van der Waals surface area contributed by atoms with Gasteiger partial charge in [-0.1, -0.05) is 33.0 Å². The number of hydrogen-bond donors (Lipinski definition) is 0. The minimum absolute atomic E-state index is 0.139. The molecule has 0 atom stereocenters. The largest absolute Gasteiger partial charge is 0.339 e. The Morgan fingerprint density at radius 2 is 2.00 bits per heavy atom. The molecule has 0 aromatic rings. The molecule has 0 fully saturated rings. The first-order chi connectivity index (χ1) is 4.52. The van der Waals surface area contributed by atoms with E-state index in [0.29, 0.717) is 0 Å². The maximum absolute atomic E-state index is 5.24. The zero-order chi connectivity index (χ0) is 7.78. The lowest BCUT2D eigenvalue weighted by Crippen LogP contribution is -2.38. The molecule has 0 aromatic heterocycles. The van der Waals surface area contributed by atoms with Crippen molar-refractivity contribution in [3.8, 4) is 0 Å². The lowest BCUT2D eigenvalue weighted by Gasteiger charge is -2.33. The van der Waals surface area contributed by atoms with Crippen LogP contribution in [0, 0.1) is 5.41 Å². The third-order valence-corrected chi connectivity index (χ3v) is 2.34. The van der Waals surface area contributed by atoms with Gasteiger partial charge in [0.25, 0.3) is 0 Å². The molecule has 0 unspecified atom stereocenters. The molecular formula is C8H13NS. The second-order valence-corrected chi connectivity index (χ2v) is 3.98. The Bertz CT molecular complexity index is 176. The number of thiocarbonyl (C=S) groups is 1. The first-order valence-electron chi connectivity index (χ1n) is 3.49. The van der Waals surface area contributed by atoms with E-state index in [0.717, 1.165) is 11.5 Å². The van der Waals surface area contributed by atoms with Crippen LogP contribution in [-0.4, -0.2) is 16.4 Å². The SMILES string of the molecule is CC(C)(C)C(=S)N1C=CC1. The van der Waals surface area contributed by atoms with Gasteiger partial charge in [-0.2, -0.15) is 0 Å². The van der Waals surface area contributed by atoms with Crippen LogP contribution >= 0.6 is 12.2 Å². The van der Waals surface area contributed by atoms with Gasteiger partial charge in [0, 0.05) is 18.2 Å². The van der Waals surface area contributed by atoms with E-state index in [1.807, 2.05) is 6.20 Å². The summed E-state index contributed by atoms with van der Waals surface area (Å²) in [5.41, 5.74) is 0.139. The quantitative estimate of drug-likeness (QED) is 0.493. The van der Waals surface area contributed by atoms with Gasteiger partial charge in [-0.25, -0.2) is 0 Å². The Balaban J connectivity index is 2.57. The van der Waals surface area contributed by atoms with Gasteiger partial charge in [0.05, 0.1) is 4.99 Å². The maximum atomic E-state index is 5.24. The van der Waals surface area contributed by atoms with Crippen LogP contribution in [0.25, 0.3) is 0 Å². The first-order valence-corrected chi connectivity index (χ1v) is 3.90. The van der Waals surface area contributed by atoms with Crippen molar-refractivity contribution in [2.24, 2.45) is 5.41 Å². The van der Waals surface area contributed by atoms with Crippen molar-refractivity contribution in [1.82, 2.24) is 4.90 Å². The van der Waals surface area contributed by atoms with Crippen LogP contribution in [0.1, 0.15) is 20.8 Å². The van der Waals surface area contributed by atoms with Crippen LogP contribution in [0.3, 0.4) is 0 Å². The number of hydrogen-bond acceptors (Lipinski definition) is 1. The molecule has 0 aliphatic carbocycles. The molecule has 0 aromatic carbocycles. The summed E-state index contributed by atoms with van der Waals surface area (Å²) < 4.78 is 0. The molecule has 2 heteroatoms. The van der Waals surface area contributed by atoms with Gasteiger partial charge in [0.1, 0.15) is 0 Å². The van der Waals surface area contributed by atoms with Gasteiger partial charge in [0.2, 0.25) is 0 Å². The lowest BCUT2D eigenvalue weighted by atomic mass is 9.95. The third-order valence-electron chi connectivity index (χ3n) is 1.49. The van der Waals surface area contributed by atoms with Crippen molar-refractivity contribution in [2.75, 3.05) is 6.54 Å². The second-order valence-electron chi connectivity index (χ2n) is 3.59. The Hall–Kier alpha value is -0.370. The predicted molar refractivity (Wildman–Crippen MR) is 47.9 cm³/mol. The average molecular weight is 155 g/mol. The highest BCUT2D eigenvalue weighted by Crippen LogP contribution is 2.21. The molecule has 1 rings (SSSR count). The molecule has 0 spiro atoms. The molecule has 0 saturated carbocycles. The molecule has 0 N–H and O–H groups in total. The Labute approximate surface area is 67.7 Å². The molecule has 1 aliphatic heterocycles. The highest BCUT2D eigenvalue weighted by Gasteiger charge is 2.23. The normalized spacial score (nSPS) is 16.9. The van der Waals surface area contributed by atoms with E-state index in [9.17, 15) is 0 Å². The average Bonchev–Trinajstić information content (AvgIpc) is 1.57. The summed E-state index contributed by atoms with van der Waals surface area (Å²) >= 11 is 5.24. The van der Waals surface area contributed by atoms with Crippen LogP contribution in [-0.2, 0) is 0 Å². The first kappa shape index (κ1) is 7.73. The van der Waals surface area contributed by atoms with Crippen LogP contribution in [0.15, 0.2) is 12.3 Å². The van der Waals surface area contributed by atoms with Crippen molar-refractivity contribution in [3.05, 3.63) is 12.3 Å². The van der Waals surface area contributed by atoms with Crippen molar-refractivity contribution in [1.29, 1.82) is 0 Å². The molecule has 0 bridgehead atoms. The molecule has 0 saturated heterocycles. The molecule has 0 radical (unpaired) electrons. The molecule has 56 valence electrons. The zero-order valence-electron chi connectivity index (χ0n) is 6.72. The molecule has 1 heterocycles. The fraction of sp³-hybridized carbons (Fsp3) is 0.625. The fourth-order valence-corrected chi connectivity index (χ4v) is 0.928. The summed E-state index contributed by atoms with van der Waals surface area (Å²) in [5.74, 6) is 0. The molecular weight excluding hydrogens is 142 g/mol. The van der Waals surface area contributed by atoms with Crippen LogP contribution in [0.4, 0.5) is 0 Å².